The maximum Gasteiger partial charge on any atom is 0.237 e. The van der Waals surface area contributed by atoms with Crippen molar-refractivity contribution < 1.29 is 4.79 Å². The lowest BCUT2D eigenvalue weighted by atomic mass is 10.0. The summed E-state index contributed by atoms with van der Waals surface area (Å²) in [6.45, 7) is 6.15. The summed E-state index contributed by atoms with van der Waals surface area (Å²) in [5.41, 5.74) is 3.06. The second kappa shape index (κ2) is 7.09. The molecule has 2 aromatic heterocycles. The number of para-hydroxylation sites is 1. The molecule has 0 saturated carbocycles. The van der Waals surface area contributed by atoms with Crippen LogP contribution < -0.4 is 5.32 Å². The SMILES string of the molecule is CC(Sc1ncc2ccccn12)C(=O)Nc1ccccc1C(C)C. The predicted molar refractivity (Wildman–Crippen MR) is 99.7 cm³/mol. The minimum Gasteiger partial charge on any atom is -0.325 e. The first-order chi connectivity index (χ1) is 11.6. The molecule has 3 aromatic rings. The van der Waals surface area contributed by atoms with Crippen molar-refractivity contribution in [1.29, 1.82) is 0 Å². The van der Waals surface area contributed by atoms with Crippen molar-refractivity contribution >= 4 is 28.9 Å². The van der Waals surface area contributed by atoms with Gasteiger partial charge in [-0.2, -0.15) is 0 Å². The molecule has 1 atom stereocenters. The van der Waals surface area contributed by atoms with Gasteiger partial charge < -0.3 is 5.32 Å². The lowest BCUT2D eigenvalue weighted by Crippen LogP contribution is -2.23. The Morgan fingerprint density at radius 3 is 2.67 bits per heavy atom. The number of imidazole rings is 1. The Morgan fingerprint density at radius 2 is 1.88 bits per heavy atom. The van der Waals surface area contributed by atoms with Gasteiger partial charge in [-0.25, -0.2) is 4.98 Å². The van der Waals surface area contributed by atoms with Crippen LogP contribution in [-0.2, 0) is 4.79 Å². The van der Waals surface area contributed by atoms with Crippen LogP contribution in [0.25, 0.3) is 5.52 Å². The molecule has 0 saturated heterocycles. The molecule has 3 rings (SSSR count). The maximum absolute atomic E-state index is 12.6. The van der Waals surface area contributed by atoms with Crippen LogP contribution in [0, 0.1) is 0 Å². The number of pyridine rings is 1. The molecule has 1 aromatic carbocycles. The first-order valence-corrected chi connectivity index (χ1v) is 8.92. The Labute approximate surface area is 146 Å². The number of amides is 1. The highest BCUT2D eigenvalue weighted by molar-refractivity contribution is 8.00. The van der Waals surface area contributed by atoms with Crippen molar-refractivity contribution in [1.82, 2.24) is 9.38 Å². The average Bonchev–Trinajstić information content (AvgIpc) is 2.98. The molecule has 24 heavy (non-hydrogen) atoms. The second-order valence-corrected chi connectivity index (χ2v) is 7.34. The number of benzene rings is 1. The number of nitrogens with one attached hydrogen (secondary N) is 1. The number of aromatic nitrogens is 2. The van der Waals surface area contributed by atoms with Crippen molar-refractivity contribution in [2.45, 2.75) is 37.1 Å². The van der Waals surface area contributed by atoms with Crippen LogP contribution in [0.4, 0.5) is 5.69 Å². The Morgan fingerprint density at radius 1 is 1.12 bits per heavy atom. The van der Waals surface area contributed by atoms with Gasteiger partial charge >= 0.3 is 0 Å². The van der Waals surface area contributed by atoms with Crippen molar-refractivity contribution in [3.8, 4) is 0 Å². The van der Waals surface area contributed by atoms with Crippen LogP contribution in [0.5, 0.6) is 0 Å². The smallest absolute Gasteiger partial charge is 0.237 e. The molecule has 1 N–H and O–H groups in total. The number of anilines is 1. The second-order valence-electron chi connectivity index (χ2n) is 6.03. The highest BCUT2D eigenvalue weighted by Gasteiger charge is 2.18. The van der Waals surface area contributed by atoms with Crippen molar-refractivity contribution in [2.24, 2.45) is 0 Å². The normalized spacial score (nSPS) is 12.5. The van der Waals surface area contributed by atoms with Gasteiger partial charge in [-0.1, -0.05) is 49.9 Å². The average molecular weight is 339 g/mol. The van der Waals surface area contributed by atoms with E-state index in [9.17, 15) is 4.79 Å². The molecule has 1 unspecified atom stereocenters. The zero-order valence-corrected chi connectivity index (χ0v) is 14.9. The summed E-state index contributed by atoms with van der Waals surface area (Å²) in [5.74, 6) is 0.349. The molecule has 0 bridgehead atoms. The van der Waals surface area contributed by atoms with Crippen molar-refractivity contribution in [3.63, 3.8) is 0 Å². The van der Waals surface area contributed by atoms with Gasteiger partial charge in [0, 0.05) is 11.9 Å². The number of nitrogens with zero attached hydrogens (tertiary/aromatic N) is 2. The predicted octanol–water partition coefficient (Wildman–Crippen LogP) is 4.58. The fourth-order valence-electron chi connectivity index (χ4n) is 2.57. The zero-order chi connectivity index (χ0) is 17.1. The van der Waals surface area contributed by atoms with E-state index in [1.807, 2.05) is 60.1 Å². The van der Waals surface area contributed by atoms with Gasteiger partial charge in [0.25, 0.3) is 0 Å². The number of carbonyl (C=O) groups is 1. The van der Waals surface area contributed by atoms with Gasteiger partial charge in [-0.15, -0.1) is 0 Å². The van der Waals surface area contributed by atoms with Crippen LogP contribution in [0.2, 0.25) is 0 Å². The largest absolute Gasteiger partial charge is 0.325 e. The molecule has 124 valence electrons. The third-order valence-electron chi connectivity index (χ3n) is 3.90. The van der Waals surface area contributed by atoms with Gasteiger partial charge in [0.1, 0.15) is 0 Å². The molecular weight excluding hydrogens is 318 g/mol. The van der Waals surface area contributed by atoms with Gasteiger partial charge in [0.2, 0.25) is 5.91 Å². The lowest BCUT2D eigenvalue weighted by molar-refractivity contribution is -0.115. The number of hydrogen-bond acceptors (Lipinski definition) is 3. The number of hydrogen-bond donors (Lipinski definition) is 1. The highest BCUT2D eigenvalue weighted by Crippen LogP contribution is 2.27. The number of rotatable bonds is 5. The van der Waals surface area contributed by atoms with E-state index >= 15 is 0 Å². The molecule has 1 amide bonds. The van der Waals surface area contributed by atoms with Crippen molar-refractivity contribution in [3.05, 3.63) is 60.4 Å². The Balaban J connectivity index is 1.74. The van der Waals surface area contributed by atoms with Crippen LogP contribution in [0.15, 0.2) is 60.0 Å². The molecule has 5 heteroatoms. The fraction of sp³-hybridized carbons (Fsp3) is 0.263. The quantitative estimate of drug-likeness (QED) is 0.692. The monoisotopic (exact) mass is 339 g/mol. The van der Waals surface area contributed by atoms with E-state index in [4.69, 9.17) is 0 Å². The van der Waals surface area contributed by atoms with E-state index < -0.39 is 0 Å². The number of fused-ring (bicyclic) bond motifs is 1. The number of thioether (sulfide) groups is 1. The number of carbonyl (C=O) groups excluding carboxylic acids is 1. The van der Waals surface area contributed by atoms with Crippen molar-refractivity contribution in [2.75, 3.05) is 5.32 Å². The van der Waals surface area contributed by atoms with E-state index in [0.29, 0.717) is 5.92 Å². The molecule has 0 radical (unpaired) electrons. The van der Waals surface area contributed by atoms with Gasteiger partial charge in [-0.3, -0.25) is 9.20 Å². The van der Waals surface area contributed by atoms with Crippen LogP contribution in [0.3, 0.4) is 0 Å². The summed E-state index contributed by atoms with van der Waals surface area (Å²) < 4.78 is 2.00. The summed E-state index contributed by atoms with van der Waals surface area (Å²) >= 11 is 1.46. The maximum atomic E-state index is 12.6. The molecule has 0 aliphatic heterocycles. The van der Waals surface area contributed by atoms with Gasteiger partial charge in [-0.05, 0) is 36.6 Å². The van der Waals surface area contributed by atoms with Crippen LogP contribution in [0.1, 0.15) is 32.3 Å². The van der Waals surface area contributed by atoms with E-state index in [2.05, 4.69) is 30.2 Å². The summed E-state index contributed by atoms with van der Waals surface area (Å²) in [6.07, 6.45) is 3.78. The van der Waals surface area contributed by atoms with Crippen LogP contribution in [-0.4, -0.2) is 20.5 Å². The van der Waals surface area contributed by atoms with Crippen LogP contribution >= 0.6 is 11.8 Å². The van der Waals surface area contributed by atoms with Gasteiger partial charge in [0.05, 0.1) is 17.0 Å². The summed E-state index contributed by atoms with van der Waals surface area (Å²) in [6, 6.07) is 13.9. The molecule has 0 spiro atoms. The molecule has 0 aliphatic carbocycles. The minimum atomic E-state index is -0.240. The zero-order valence-electron chi connectivity index (χ0n) is 14.1. The lowest BCUT2D eigenvalue weighted by Gasteiger charge is -2.16. The third kappa shape index (κ3) is 3.46. The Kier molecular flexibility index (Phi) is 4.90. The third-order valence-corrected chi connectivity index (χ3v) is 4.98. The molecule has 2 heterocycles. The first kappa shape index (κ1) is 16.6. The topological polar surface area (TPSA) is 46.4 Å². The summed E-state index contributed by atoms with van der Waals surface area (Å²) in [5, 5.41) is 3.64. The summed E-state index contributed by atoms with van der Waals surface area (Å²) in [4.78, 5) is 17.0. The minimum absolute atomic E-state index is 0.0132. The fourth-order valence-corrected chi connectivity index (χ4v) is 3.44. The molecule has 4 nitrogen and oxygen atoms in total. The van der Waals surface area contributed by atoms with E-state index in [0.717, 1.165) is 21.9 Å². The Hall–Kier alpha value is -2.27. The molecule has 0 fully saturated rings. The first-order valence-electron chi connectivity index (χ1n) is 8.05. The van der Waals surface area contributed by atoms with E-state index in [1.165, 1.54) is 11.8 Å². The van der Waals surface area contributed by atoms with Gasteiger partial charge in [0.15, 0.2) is 5.16 Å². The summed E-state index contributed by atoms with van der Waals surface area (Å²) in [7, 11) is 0. The highest BCUT2D eigenvalue weighted by atomic mass is 32.2. The standard InChI is InChI=1S/C19H21N3OS/c1-13(2)16-9-4-5-10-17(16)21-18(23)14(3)24-19-20-12-15-8-6-7-11-22(15)19/h4-14H,1-3H3,(H,21,23). The van der Waals surface area contributed by atoms with E-state index in [-0.39, 0.29) is 11.2 Å². The van der Waals surface area contributed by atoms with E-state index in [1.54, 1.807) is 0 Å². The Bertz CT molecular complexity index is 856. The molecule has 0 aliphatic rings. The molecular formula is C19H21N3OS.